The van der Waals surface area contributed by atoms with Crippen molar-refractivity contribution in [2.45, 2.75) is 0 Å². The minimum Gasteiger partial charge on any atom is -0.478 e. The molecule has 0 spiro atoms. The summed E-state index contributed by atoms with van der Waals surface area (Å²) < 4.78 is 5.52. The Morgan fingerprint density at radius 1 is 0.541 bits per heavy atom. The molecule has 0 amide bonds. The van der Waals surface area contributed by atoms with E-state index in [-0.39, 0.29) is 5.56 Å². The second-order valence-corrected chi connectivity index (χ2v) is 11.6. The molecule has 0 bridgehead atoms. The van der Waals surface area contributed by atoms with Crippen molar-refractivity contribution in [1.29, 1.82) is 0 Å². The lowest BCUT2D eigenvalue weighted by molar-refractivity contribution is 0.0697. The molecule has 0 aromatic heterocycles. The molecule has 5 aromatic carbocycles. The topological polar surface area (TPSA) is 49.7 Å². The highest BCUT2D eigenvalue weighted by molar-refractivity contribution is 7.87. The van der Waals surface area contributed by atoms with Crippen molar-refractivity contribution in [2.75, 3.05) is 0 Å². The average Bonchev–Trinajstić information content (AvgIpc) is 2.97. The Hall–Kier alpha value is -4.46. The van der Waals surface area contributed by atoms with Crippen LogP contribution in [0.1, 0.15) is 21.5 Å². The van der Waals surface area contributed by atoms with Gasteiger partial charge in [0.05, 0.1) is 18.3 Å². The number of benzene rings is 5. The molecule has 0 radical (unpaired) electrons. The van der Waals surface area contributed by atoms with Crippen LogP contribution in [0.4, 0.5) is 5.69 Å². The van der Waals surface area contributed by atoms with E-state index in [1.807, 2.05) is 42.5 Å². The van der Waals surface area contributed by atoms with Crippen LogP contribution in [0.2, 0.25) is 0 Å². The molecule has 5 aromatic rings. The lowest BCUT2D eigenvalue weighted by atomic mass is 10.1. The molecule has 3 nitrogen and oxygen atoms in total. The highest BCUT2D eigenvalue weighted by atomic mass is 31.2. The summed E-state index contributed by atoms with van der Waals surface area (Å²) in [5.74, 6) is -0.921. The lowest BCUT2D eigenvalue weighted by Gasteiger charge is -2.27. The van der Waals surface area contributed by atoms with Crippen LogP contribution in [-0.4, -0.2) is 11.1 Å². The molecule has 0 saturated heterocycles. The molecule has 0 saturated carbocycles. The summed E-state index contributed by atoms with van der Waals surface area (Å²) in [5, 5.41) is 12.7. The third kappa shape index (κ3) is 5.38. The van der Waals surface area contributed by atoms with Crippen molar-refractivity contribution >= 4 is 46.8 Å². The zero-order valence-electron chi connectivity index (χ0n) is 20.2. The Balaban J connectivity index is 1.57. The zero-order chi connectivity index (χ0) is 25.5. The van der Waals surface area contributed by atoms with E-state index in [0.29, 0.717) is 0 Å². The van der Waals surface area contributed by atoms with Crippen LogP contribution in [-0.2, 0) is 0 Å². The van der Waals surface area contributed by atoms with Crippen molar-refractivity contribution in [3.05, 3.63) is 156 Å². The normalized spacial score (nSPS) is 11.4. The molecule has 5 rings (SSSR count). The van der Waals surface area contributed by atoms with Crippen LogP contribution >= 0.6 is 7.05 Å². The van der Waals surface area contributed by atoms with Gasteiger partial charge in [-0.1, -0.05) is 127 Å². The number of aromatic carboxylic acids is 1. The first-order chi connectivity index (χ1) is 18.1. The van der Waals surface area contributed by atoms with Crippen molar-refractivity contribution in [3.63, 3.8) is 0 Å². The molecule has 0 aliphatic heterocycles. The largest absolute Gasteiger partial charge is 0.478 e. The fraction of sp³-hybridized carbons (Fsp3) is 0. The highest BCUT2D eigenvalue weighted by Gasteiger charge is 2.27. The molecule has 0 aliphatic rings. The number of hydrogen-bond acceptors (Lipinski definition) is 2. The maximum absolute atomic E-state index is 11.1. The molecular weight excluding hydrogens is 473 g/mol. The Labute approximate surface area is 217 Å². The first-order valence-corrected chi connectivity index (χ1v) is 13.8. The summed E-state index contributed by atoms with van der Waals surface area (Å²) in [7, 11) is -2.31. The first kappa shape index (κ1) is 24.2. The second-order valence-electron chi connectivity index (χ2n) is 8.59. The summed E-state index contributed by atoms with van der Waals surface area (Å²) in [6.07, 6.45) is 4.00. The van der Waals surface area contributed by atoms with E-state index in [1.54, 1.807) is 12.1 Å². The Morgan fingerprint density at radius 3 is 1.30 bits per heavy atom. The third-order valence-corrected chi connectivity index (χ3v) is 9.84. The number of carbonyl (C=O) groups is 1. The smallest absolute Gasteiger partial charge is 0.335 e. The molecule has 0 unspecified atom stereocenters. The number of carboxylic acid groups (broad SMARTS) is 1. The highest BCUT2D eigenvalue weighted by Crippen LogP contribution is 2.49. The molecular formula is C33H26NO2P. The Morgan fingerprint density at radius 2 is 0.919 bits per heavy atom. The van der Waals surface area contributed by atoms with Gasteiger partial charge >= 0.3 is 5.97 Å². The summed E-state index contributed by atoms with van der Waals surface area (Å²) in [6, 6.07) is 46.9. The molecule has 0 atom stereocenters. The fourth-order valence-corrected chi connectivity index (χ4v) is 7.84. The van der Waals surface area contributed by atoms with Gasteiger partial charge in [0.2, 0.25) is 0 Å². The van der Waals surface area contributed by atoms with Crippen molar-refractivity contribution in [2.24, 2.45) is 4.74 Å². The van der Waals surface area contributed by atoms with E-state index >= 15 is 0 Å². The predicted molar refractivity (Wildman–Crippen MR) is 156 cm³/mol. The Kier molecular flexibility index (Phi) is 7.26. The van der Waals surface area contributed by atoms with Gasteiger partial charge in [0.25, 0.3) is 0 Å². The maximum Gasteiger partial charge on any atom is 0.335 e. The van der Waals surface area contributed by atoms with E-state index in [2.05, 4.69) is 97.1 Å². The van der Waals surface area contributed by atoms with E-state index in [4.69, 9.17) is 9.85 Å². The van der Waals surface area contributed by atoms with Gasteiger partial charge in [-0.15, -0.1) is 0 Å². The molecule has 4 heteroatoms. The Bertz CT molecular complexity index is 1460. The van der Waals surface area contributed by atoms with E-state index in [9.17, 15) is 4.79 Å². The second kappa shape index (κ2) is 11.1. The summed E-state index contributed by atoms with van der Waals surface area (Å²) in [5.41, 5.74) is 3.20. The number of nitrogens with zero attached hydrogens (tertiary/aromatic N) is 1. The third-order valence-electron chi connectivity index (χ3n) is 6.17. The van der Waals surface area contributed by atoms with Gasteiger partial charge < -0.3 is 5.11 Å². The summed E-state index contributed by atoms with van der Waals surface area (Å²) in [6.45, 7) is 0. The van der Waals surface area contributed by atoms with Gasteiger partial charge in [0, 0.05) is 15.9 Å². The van der Waals surface area contributed by atoms with Crippen LogP contribution in [0.3, 0.4) is 0 Å². The fourth-order valence-electron chi connectivity index (χ4n) is 4.31. The number of carboxylic acids is 1. The molecule has 0 heterocycles. The number of hydrogen-bond donors (Lipinski definition) is 1. The summed E-state index contributed by atoms with van der Waals surface area (Å²) >= 11 is 0. The minimum atomic E-state index is -2.31. The minimum absolute atomic E-state index is 0.283. The van der Waals surface area contributed by atoms with Crippen LogP contribution in [0.25, 0.3) is 12.2 Å². The van der Waals surface area contributed by atoms with Crippen molar-refractivity contribution in [1.82, 2.24) is 0 Å². The van der Waals surface area contributed by atoms with Crippen LogP contribution in [0.15, 0.2) is 144 Å². The number of rotatable bonds is 7. The van der Waals surface area contributed by atoms with Crippen LogP contribution < -0.4 is 15.9 Å². The standard InChI is InChI=1S/C33H26NO2P/c35-33(36)28-22-18-26(19-23-28)16-17-27-20-24-29(25-21-27)34-37(30-10-4-1-5-11-30,31-12-6-2-7-13-31)32-14-8-3-9-15-32/h1-25H,(H,35,36)/b17-16+. The SMILES string of the molecule is O=C(O)c1ccc(/C=C/c2ccc(N=P(c3ccccc3)(c3ccccc3)c3ccccc3)cc2)cc1. The molecule has 37 heavy (non-hydrogen) atoms. The van der Waals surface area contributed by atoms with Gasteiger partial charge in [0.15, 0.2) is 0 Å². The zero-order valence-corrected chi connectivity index (χ0v) is 21.1. The summed E-state index contributed by atoms with van der Waals surface area (Å²) in [4.78, 5) is 11.1. The van der Waals surface area contributed by atoms with Crippen LogP contribution in [0, 0.1) is 0 Å². The van der Waals surface area contributed by atoms with E-state index in [1.165, 1.54) is 15.9 Å². The van der Waals surface area contributed by atoms with E-state index in [0.717, 1.165) is 16.8 Å². The van der Waals surface area contributed by atoms with Gasteiger partial charge in [-0.2, -0.15) is 0 Å². The van der Waals surface area contributed by atoms with Gasteiger partial charge in [0.1, 0.15) is 0 Å². The van der Waals surface area contributed by atoms with Crippen molar-refractivity contribution < 1.29 is 9.90 Å². The predicted octanol–water partition coefficient (Wildman–Crippen LogP) is 7.36. The van der Waals surface area contributed by atoms with Gasteiger partial charge in [-0.05, 0) is 35.4 Å². The van der Waals surface area contributed by atoms with Gasteiger partial charge in [-0.3, -0.25) is 4.74 Å². The van der Waals surface area contributed by atoms with Crippen LogP contribution in [0.5, 0.6) is 0 Å². The molecule has 0 aliphatic carbocycles. The van der Waals surface area contributed by atoms with Gasteiger partial charge in [-0.25, -0.2) is 4.79 Å². The molecule has 1 N–H and O–H groups in total. The molecule has 180 valence electrons. The molecule has 0 fully saturated rings. The maximum atomic E-state index is 11.1. The van der Waals surface area contributed by atoms with Crippen molar-refractivity contribution in [3.8, 4) is 0 Å². The average molecular weight is 500 g/mol. The lowest BCUT2D eigenvalue weighted by Crippen LogP contribution is -2.25. The monoisotopic (exact) mass is 499 g/mol. The first-order valence-electron chi connectivity index (χ1n) is 12.1. The quantitative estimate of drug-likeness (QED) is 0.188. The van der Waals surface area contributed by atoms with E-state index < -0.39 is 13.0 Å².